The first-order chi connectivity index (χ1) is 18.9. The smallest absolute Gasteiger partial charge is 0.414 e. The zero-order chi connectivity index (χ0) is 28.8. The Bertz CT molecular complexity index is 1110. The van der Waals surface area contributed by atoms with Gasteiger partial charge in [0, 0.05) is 38.3 Å². The molecule has 1 aromatic carbocycles. The average molecular weight is 564 g/mol. The van der Waals surface area contributed by atoms with E-state index in [-0.39, 0.29) is 37.1 Å². The molecule has 5 atom stereocenters. The molecule has 3 saturated heterocycles. The van der Waals surface area contributed by atoms with Gasteiger partial charge in [-0.3, -0.25) is 14.9 Å². The van der Waals surface area contributed by atoms with E-state index in [1.165, 1.54) is 17.9 Å². The molecule has 11 heteroatoms. The summed E-state index contributed by atoms with van der Waals surface area (Å²) in [5.41, 5.74) is 0.436. The number of rotatable bonds is 6. The molecule has 1 saturated carbocycles. The Kier molecular flexibility index (Phi) is 8.04. The predicted octanol–water partition coefficient (Wildman–Crippen LogP) is 3.92. The van der Waals surface area contributed by atoms with Crippen LogP contribution in [0.3, 0.4) is 0 Å². The van der Waals surface area contributed by atoms with Crippen LogP contribution < -0.4 is 9.80 Å². The standard InChI is InChI=1S/C29H42FN3O7/c1-18(2)22-7-8-28(4,14-25(22)33(37)19(3)35)26-15-32(27(36)39-26)20-5-6-24(23(30)13-20)31-11-9-29(10-12-31)38-17-21(16-34)40-29/h5-6,13,18,21-22,25-26,34,37H,7-12,14-17H2,1-4H3/t21?,22?,25?,26?,28-/m0/s1. The van der Waals surface area contributed by atoms with Gasteiger partial charge in [0.05, 0.1) is 37.2 Å². The second-order valence-electron chi connectivity index (χ2n) is 12.5. The average Bonchev–Trinajstić information content (AvgIpc) is 3.52. The summed E-state index contributed by atoms with van der Waals surface area (Å²) in [6, 6.07) is 4.44. The third-order valence-corrected chi connectivity index (χ3v) is 9.53. The van der Waals surface area contributed by atoms with Crippen LogP contribution in [0.15, 0.2) is 18.2 Å². The molecule has 2 amide bonds. The number of aliphatic hydroxyl groups is 1. The van der Waals surface area contributed by atoms with Gasteiger partial charge in [-0.2, -0.15) is 0 Å². The maximum absolute atomic E-state index is 15.4. The third-order valence-electron chi connectivity index (χ3n) is 9.53. The van der Waals surface area contributed by atoms with Crippen molar-refractivity contribution in [2.24, 2.45) is 17.3 Å². The third kappa shape index (κ3) is 5.41. The highest BCUT2D eigenvalue weighted by Crippen LogP contribution is 2.48. The van der Waals surface area contributed by atoms with E-state index in [9.17, 15) is 19.9 Å². The van der Waals surface area contributed by atoms with E-state index in [0.29, 0.717) is 50.3 Å². The van der Waals surface area contributed by atoms with Gasteiger partial charge in [-0.15, -0.1) is 0 Å². The van der Waals surface area contributed by atoms with Crippen LogP contribution in [-0.2, 0) is 19.0 Å². The number of aliphatic hydroxyl groups excluding tert-OH is 1. The molecule has 4 fully saturated rings. The Morgan fingerprint density at radius 3 is 2.58 bits per heavy atom. The summed E-state index contributed by atoms with van der Waals surface area (Å²) in [6.45, 7) is 9.21. The number of piperidine rings is 1. The SMILES string of the molecule is CC(=O)N(O)C1C[C@@](C)(C2CN(c3ccc(N4CCC5(CC4)OCC(CO)O5)c(F)c3)C(=O)O2)CCC1C(C)C. The highest BCUT2D eigenvalue weighted by Gasteiger charge is 2.51. The first-order valence-electron chi connectivity index (χ1n) is 14.4. The van der Waals surface area contributed by atoms with Crippen LogP contribution in [0.25, 0.3) is 0 Å². The molecule has 222 valence electrons. The summed E-state index contributed by atoms with van der Waals surface area (Å²) in [6.07, 6.45) is 1.94. The molecule has 40 heavy (non-hydrogen) atoms. The number of ether oxygens (including phenoxy) is 3. The fraction of sp³-hybridized carbons (Fsp3) is 0.724. The van der Waals surface area contributed by atoms with Crippen LogP contribution in [0, 0.1) is 23.1 Å². The van der Waals surface area contributed by atoms with Crippen molar-refractivity contribution in [1.82, 2.24) is 5.06 Å². The summed E-state index contributed by atoms with van der Waals surface area (Å²) in [7, 11) is 0. The lowest BCUT2D eigenvalue weighted by atomic mass is 9.64. The molecule has 3 heterocycles. The first-order valence-corrected chi connectivity index (χ1v) is 14.4. The van der Waals surface area contributed by atoms with E-state index in [0.717, 1.165) is 17.9 Å². The molecule has 4 unspecified atom stereocenters. The highest BCUT2D eigenvalue weighted by molar-refractivity contribution is 5.90. The minimum Gasteiger partial charge on any atom is -0.443 e. The second kappa shape index (κ2) is 11.1. The van der Waals surface area contributed by atoms with Crippen molar-refractivity contribution in [3.8, 4) is 0 Å². The van der Waals surface area contributed by atoms with Crippen molar-refractivity contribution in [1.29, 1.82) is 0 Å². The van der Waals surface area contributed by atoms with Crippen LogP contribution in [0.4, 0.5) is 20.6 Å². The summed E-state index contributed by atoms with van der Waals surface area (Å²) in [4.78, 5) is 28.4. The van der Waals surface area contributed by atoms with Gasteiger partial charge in [0.2, 0.25) is 5.91 Å². The van der Waals surface area contributed by atoms with Gasteiger partial charge in [0.15, 0.2) is 5.79 Å². The predicted molar refractivity (Wildman–Crippen MR) is 144 cm³/mol. The molecular weight excluding hydrogens is 521 g/mol. The van der Waals surface area contributed by atoms with Gasteiger partial charge in [-0.1, -0.05) is 20.8 Å². The van der Waals surface area contributed by atoms with E-state index in [2.05, 4.69) is 13.8 Å². The number of cyclic esters (lactones) is 1. The van der Waals surface area contributed by atoms with E-state index >= 15 is 4.39 Å². The summed E-state index contributed by atoms with van der Waals surface area (Å²) >= 11 is 0. The fourth-order valence-corrected chi connectivity index (χ4v) is 7.01. The quantitative estimate of drug-likeness (QED) is 0.396. The highest BCUT2D eigenvalue weighted by atomic mass is 19.1. The second-order valence-corrected chi connectivity index (χ2v) is 12.5. The zero-order valence-corrected chi connectivity index (χ0v) is 23.8. The van der Waals surface area contributed by atoms with Crippen molar-refractivity contribution in [2.45, 2.75) is 83.8 Å². The number of carbonyl (C=O) groups excluding carboxylic acids is 2. The molecule has 1 spiro atoms. The fourth-order valence-electron chi connectivity index (χ4n) is 7.01. The molecule has 4 aliphatic rings. The van der Waals surface area contributed by atoms with Crippen molar-refractivity contribution in [3.05, 3.63) is 24.0 Å². The Labute approximate surface area is 234 Å². The van der Waals surface area contributed by atoms with Crippen molar-refractivity contribution >= 4 is 23.4 Å². The van der Waals surface area contributed by atoms with Gasteiger partial charge in [-0.25, -0.2) is 14.2 Å². The topological polar surface area (TPSA) is 112 Å². The monoisotopic (exact) mass is 563 g/mol. The number of hydrogen-bond acceptors (Lipinski definition) is 8. The lowest BCUT2D eigenvalue weighted by molar-refractivity contribution is -0.191. The van der Waals surface area contributed by atoms with Gasteiger partial charge in [0.25, 0.3) is 0 Å². The molecule has 10 nitrogen and oxygen atoms in total. The molecule has 1 aliphatic carbocycles. The Hall–Kier alpha value is -2.47. The molecule has 3 aliphatic heterocycles. The molecule has 2 N–H and O–H groups in total. The van der Waals surface area contributed by atoms with Crippen molar-refractivity contribution < 1.29 is 38.5 Å². The van der Waals surface area contributed by atoms with Crippen LogP contribution in [0.2, 0.25) is 0 Å². The van der Waals surface area contributed by atoms with Crippen LogP contribution in [0.1, 0.15) is 59.8 Å². The summed E-state index contributed by atoms with van der Waals surface area (Å²) in [5, 5.41) is 20.8. The van der Waals surface area contributed by atoms with Gasteiger partial charge in [-0.05, 0) is 49.3 Å². The molecular formula is C29H42FN3O7. The first kappa shape index (κ1) is 29.0. The Balaban J connectivity index is 1.25. The minimum absolute atomic E-state index is 0.0855. The Morgan fingerprint density at radius 1 is 1.25 bits per heavy atom. The lowest BCUT2D eigenvalue weighted by Crippen LogP contribution is -2.52. The number of benzene rings is 1. The van der Waals surface area contributed by atoms with E-state index < -0.39 is 35.1 Å². The number of halogens is 1. The van der Waals surface area contributed by atoms with Gasteiger partial charge in [0.1, 0.15) is 18.0 Å². The molecule has 0 bridgehead atoms. The zero-order valence-electron chi connectivity index (χ0n) is 23.8. The number of anilines is 2. The minimum atomic E-state index is -0.713. The van der Waals surface area contributed by atoms with Crippen molar-refractivity contribution in [2.75, 3.05) is 42.6 Å². The number of hydroxylamine groups is 2. The van der Waals surface area contributed by atoms with Gasteiger partial charge >= 0.3 is 6.09 Å². The molecule has 5 rings (SSSR count). The maximum Gasteiger partial charge on any atom is 0.414 e. The number of amides is 2. The van der Waals surface area contributed by atoms with Gasteiger partial charge < -0.3 is 24.2 Å². The van der Waals surface area contributed by atoms with Crippen molar-refractivity contribution in [3.63, 3.8) is 0 Å². The molecule has 0 aromatic heterocycles. The Morgan fingerprint density at radius 2 is 1.98 bits per heavy atom. The largest absolute Gasteiger partial charge is 0.443 e. The van der Waals surface area contributed by atoms with E-state index in [1.807, 2.05) is 11.8 Å². The molecule has 0 radical (unpaired) electrons. The summed E-state index contributed by atoms with van der Waals surface area (Å²) < 4.78 is 32.9. The lowest BCUT2D eigenvalue weighted by Gasteiger charge is -2.47. The normalized spacial score (nSPS) is 32.1. The van der Waals surface area contributed by atoms with E-state index in [4.69, 9.17) is 14.2 Å². The van der Waals surface area contributed by atoms with Crippen LogP contribution >= 0.6 is 0 Å². The van der Waals surface area contributed by atoms with E-state index in [1.54, 1.807) is 12.1 Å². The molecule has 1 aromatic rings. The number of nitrogens with zero attached hydrogens (tertiary/aromatic N) is 3. The number of carbonyl (C=O) groups is 2. The maximum atomic E-state index is 15.4. The van der Waals surface area contributed by atoms with Crippen LogP contribution in [0.5, 0.6) is 0 Å². The van der Waals surface area contributed by atoms with Crippen LogP contribution in [-0.4, -0.2) is 84.3 Å². The number of hydrogen-bond donors (Lipinski definition) is 2. The summed E-state index contributed by atoms with van der Waals surface area (Å²) in [5.74, 6) is -1.11.